The van der Waals surface area contributed by atoms with Crippen molar-refractivity contribution in [1.82, 2.24) is 0 Å². The molecular formula is C9H13FS. The van der Waals surface area contributed by atoms with E-state index in [9.17, 15) is 3.89 Å². The van der Waals surface area contributed by atoms with Crippen molar-refractivity contribution in [3.63, 3.8) is 0 Å². The van der Waals surface area contributed by atoms with Crippen molar-refractivity contribution in [2.45, 2.75) is 13.3 Å². The first-order valence-corrected chi connectivity index (χ1v) is 4.45. The van der Waals surface area contributed by atoms with E-state index in [-0.39, 0.29) is 0 Å². The van der Waals surface area contributed by atoms with Crippen molar-refractivity contribution in [1.29, 1.82) is 0 Å². The van der Waals surface area contributed by atoms with E-state index in [2.05, 4.69) is 13.5 Å². The number of allylic oxidation sites excluding steroid dienone is 4. The Balaban J connectivity index is 3.89. The highest BCUT2D eigenvalue weighted by Gasteiger charge is 1.88. The average Bonchev–Trinajstić information content (AvgIpc) is 2.03. The molecule has 11 heavy (non-hydrogen) atoms. The zero-order valence-corrected chi connectivity index (χ0v) is 7.53. The molecule has 0 fully saturated rings. The Hall–Kier alpha value is -0.500. The van der Waals surface area contributed by atoms with Gasteiger partial charge in [-0.1, -0.05) is 37.8 Å². The topological polar surface area (TPSA) is 0 Å². The molecule has 62 valence electrons. The van der Waals surface area contributed by atoms with Gasteiger partial charge in [0.25, 0.3) is 0 Å². The minimum Gasteiger partial charge on any atom is -0.165 e. The Morgan fingerprint density at radius 1 is 1.64 bits per heavy atom. The molecule has 0 aromatic rings. The second-order valence-electron chi connectivity index (χ2n) is 2.04. The van der Waals surface area contributed by atoms with E-state index in [1.165, 1.54) is 0 Å². The van der Waals surface area contributed by atoms with Crippen LogP contribution in [0, 0.1) is 0 Å². The van der Waals surface area contributed by atoms with Gasteiger partial charge in [0, 0.05) is 12.1 Å². The lowest BCUT2D eigenvalue weighted by molar-refractivity contribution is 0.938. The molecular weight excluding hydrogens is 159 g/mol. The first-order valence-electron chi connectivity index (χ1n) is 3.56. The third kappa shape index (κ3) is 5.92. The van der Waals surface area contributed by atoms with Gasteiger partial charge < -0.3 is 0 Å². The molecule has 0 aliphatic rings. The van der Waals surface area contributed by atoms with Gasteiger partial charge >= 0.3 is 0 Å². The molecule has 0 saturated carbocycles. The van der Waals surface area contributed by atoms with Crippen LogP contribution in [0.25, 0.3) is 0 Å². The quantitative estimate of drug-likeness (QED) is 0.570. The van der Waals surface area contributed by atoms with Crippen LogP contribution in [0.2, 0.25) is 0 Å². The molecule has 0 heterocycles. The van der Waals surface area contributed by atoms with E-state index in [1.54, 1.807) is 6.08 Å². The predicted molar refractivity (Wildman–Crippen MR) is 51.3 cm³/mol. The minimum atomic E-state index is 0.319. The van der Waals surface area contributed by atoms with Gasteiger partial charge in [0.05, 0.1) is 5.75 Å². The summed E-state index contributed by atoms with van der Waals surface area (Å²) >= 11 is 0.319. The Kier molecular flexibility index (Phi) is 7.26. The van der Waals surface area contributed by atoms with Crippen molar-refractivity contribution in [3.8, 4) is 0 Å². The minimum absolute atomic E-state index is 0.319. The Bertz CT molecular complexity index is 159. The lowest BCUT2D eigenvalue weighted by atomic mass is 10.2. The van der Waals surface area contributed by atoms with Crippen LogP contribution in [0.3, 0.4) is 0 Å². The molecule has 0 N–H and O–H groups in total. The summed E-state index contributed by atoms with van der Waals surface area (Å²) in [7, 11) is 0. The van der Waals surface area contributed by atoms with Crippen molar-refractivity contribution < 1.29 is 3.89 Å². The van der Waals surface area contributed by atoms with E-state index in [1.807, 2.05) is 18.2 Å². The molecule has 0 aliphatic heterocycles. The van der Waals surface area contributed by atoms with Gasteiger partial charge in [0.15, 0.2) is 0 Å². The summed E-state index contributed by atoms with van der Waals surface area (Å²) in [5, 5.41) is 0. The molecule has 0 saturated heterocycles. The van der Waals surface area contributed by atoms with Gasteiger partial charge in [-0.25, -0.2) is 0 Å². The second-order valence-corrected chi connectivity index (χ2v) is 2.54. The van der Waals surface area contributed by atoms with Gasteiger partial charge in [-0.2, -0.15) is 3.89 Å². The van der Waals surface area contributed by atoms with Gasteiger partial charge in [-0.3, -0.25) is 0 Å². The van der Waals surface area contributed by atoms with Crippen LogP contribution >= 0.6 is 12.1 Å². The zero-order chi connectivity index (χ0) is 8.53. The number of hydrogen-bond acceptors (Lipinski definition) is 1. The monoisotopic (exact) mass is 172 g/mol. The highest BCUT2D eigenvalue weighted by atomic mass is 32.2. The van der Waals surface area contributed by atoms with E-state index in [0.717, 1.165) is 12.0 Å². The summed E-state index contributed by atoms with van der Waals surface area (Å²) in [6.45, 7) is 5.63. The van der Waals surface area contributed by atoms with E-state index in [4.69, 9.17) is 0 Å². The molecule has 0 unspecified atom stereocenters. The number of halogens is 1. The maximum Gasteiger partial charge on any atom is 0.0501 e. The summed E-state index contributed by atoms with van der Waals surface area (Å²) in [5.41, 5.74) is 0.919. The van der Waals surface area contributed by atoms with Crippen LogP contribution in [-0.4, -0.2) is 5.75 Å². The van der Waals surface area contributed by atoms with Crippen molar-refractivity contribution in [2.75, 3.05) is 5.75 Å². The Morgan fingerprint density at radius 3 is 2.82 bits per heavy atom. The average molecular weight is 172 g/mol. The smallest absolute Gasteiger partial charge is 0.0501 e. The number of hydrogen-bond donors (Lipinski definition) is 0. The lowest BCUT2D eigenvalue weighted by Crippen LogP contribution is -1.77. The van der Waals surface area contributed by atoms with Gasteiger partial charge in [0.2, 0.25) is 0 Å². The van der Waals surface area contributed by atoms with Crippen molar-refractivity contribution in [2.24, 2.45) is 0 Å². The second kappa shape index (κ2) is 7.61. The molecule has 0 spiro atoms. The van der Waals surface area contributed by atoms with E-state index >= 15 is 0 Å². The van der Waals surface area contributed by atoms with Crippen LogP contribution in [-0.2, 0) is 0 Å². The normalized spacial score (nSPS) is 12.4. The molecule has 0 aliphatic carbocycles. The van der Waals surface area contributed by atoms with Crippen LogP contribution in [0.4, 0.5) is 3.89 Å². The van der Waals surface area contributed by atoms with Gasteiger partial charge in [-0.05, 0) is 12.0 Å². The summed E-state index contributed by atoms with van der Waals surface area (Å²) in [6, 6.07) is 0. The fraction of sp³-hybridized carbons (Fsp3) is 0.333. The van der Waals surface area contributed by atoms with Crippen molar-refractivity contribution >= 4 is 12.1 Å². The van der Waals surface area contributed by atoms with Crippen LogP contribution in [0.1, 0.15) is 13.3 Å². The predicted octanol–water partition coefficient (Wildman–Crippen LogP) is 3.68. The standard InChI is InChI=1S/C9H13FS/c1-3-5-6-7-9(4-2)8-11-10/h4-7H,2-3,8H2,1H3/b6-5-,9-7+. The fourth-order valence-corrected chi connectivity index (χ4v) is 0.906. The summed E-state index contributed by atoms with van der Waals surface area (Å²) in [4.78, 5) is 0. The maximum atomic E-state index is 11.7. The fourth-order valence-electron chi connectivity index (χ4n) is 0.566. The SMILES string of the molecule is C=C/C(=C\C=C/CC)CSF. The molecule has 0 radical (unpaired) electrons. The molecule has 2 heteroatoms. The molecule has 0 aromatic carbocycles. The van der Waals surface area contributed by atoms with Crippen molar-refractivity contribution in [3.05, 3.63) is 36.5 Å². The van der Waals surface area contributed by atoms with Crippen LogP contribution in [0.5, 0.6) is 0 Å². The lowest BCUT2D eigenvalue weighted by Gasteiger charge is -1.91. The van der Waals surface area contributed by atoms with E-state index < -0.39 is 0 Å². The molecule has 0 nitrogen and oxygen atoms in total. The molecule has 0 aromatic heterocycles. The van der Waals surface area contributed by atoms with E-state index in [0.29, 0.717) is 17.9 Å². The van der Waals surface area contributed by atoms with Crippen LogP contribution in [0.15, 0.2) is 36.5 Å². The first kappa shape index (κ1) is 10.5. The Morgan fingerprint density at radius 2 is 2.36 bits per heavy atom. The molecule has 0 rings (SSSR count). The third-order valence-electron chi connectivity index (χ3n) is 1.17. The van der Waals surface area contributed by atoms with Gasteiger partial charge in [-0.15, -0.1) is 0 Å². The summed E-state index contributed by atoms with van der Waals surface area (Å²) in [5.74, 6) is 0.386. The number of rotatable bonds is 5. The first-order chi connectivity index (χ1) is 5.35. The summed E-state index contributed by atoms with van der Waals surface area (Å²) in [6.07, 6.45) is 8.50. The zero-order valence-electron chi connectivity index (χ0n) is 6.72. The summed E-state index contributed by atoms with van der Waals surface area (Å²) < 4.78 is 11.7. The highest BCUT2D eigenvalue weighted by Crippen LogP contribution is 2.08. The highest BCUT2D eigenvalue weighted by molar-refractivity contribution is 7.94. The van der Waals surface area contributed by atoms with Crippen LogP contribution < -0.4 is 0 Å². The molecule has 0 atom stereocenters. The maximum absolute atomic E-state index is 11.7. The largest absolute Gasteiger partial charge is 0.165 e. The molecule has 0 amide bonds. The van der Waals surface area contributed by atoms with Gasteiger partial charge in [0.1, 0.15) is 0 Å². The molecule has 0 bridgehead atoms. The Labute approximate surface area is 72.2 Å². The third-order valence-corrected chi connectivity index (χ3v) is 1.61.